The predicted octanol–water partition coefficient (Wildman–Crippen LogP) is 1.44. The number of thiophene rings is 1. The topological polar surface area (TPSA) is 32.3 Å². The van der Waals surface area contributed by atoms with Crippen molar-refractivity contribution in [1.82, 2.24) is 10.2 Å². The maximum Gasteiger partial charge on any atom is 0.236 e. The molecule has 14 heavy (non-hydrogen) atoms. The second kappa shape index (κ2) is 4.42. The number of hydrogen-bond acceptors (Lipinski definition) is 3. The second-order valence-electron chi connectivity index (χ2n) is 3.18. The number of hydrogen-bond donors (Lipinski definition) is 1. The molecule has 0 bridgehead atoms. The normalized spacial score (nSPS) is 17.5. The molecule has 1 aromatic rings. The maximum absolute atomic E-state index is 11.5. The number of halogens is 1. The van der Waals surface area contributed by atoms with Crippen LogP contribution in [0.3, 0.4) is 0 Å². The first-order valence-corrected chi connectivity index (χ1v) is 6.15. The molecule has 0 aliphatic carbocycles. The highest BCUT2D eigenvalue weighted by Crippen LogP contribution is 2.24. The zero-order valence-corrected chi connectivity index (χ0v) is 10.0. The summed E-state index contributed by atoms with van der Waals surface area (Å²) in [7, 11) is 0. The second-order valence-corrected chi connectivity index (χ2v) is 5.04. The first-order chi connectivity index (χ1) is 6.77. The molecule has 2 rings (SSSR count). The summed E-state index contributed by atoms with van der Waals surface area (Å²) in [6.07, 6.45) is 0. The average Bonchev–Trinajstić information content (AvgIpc) is 2.56. The van der Waals surface area contributed by atoms with E-state index < -0.39 is 0 Å². The third-order valence-electron chi connectivity index (χ3n) is 2.21. The van der Waals surface area contributed by atoms with Crippen LogP contribution < -0.4 is 5.32 Å². The van der Waals surface area contributed by atoms with Crippen LogP contribution in [-0.4, -0.2) is 30.4 Å². The SMILES string of the molecule is O=C1CNCCN1Cc1sccc1Br. The van der Waals surface area contributed by atoms with Crippen molar-refractivity contribution in [1.29, 1.82) is 0 Å². The van der Waals surface area contributed by atoms with Gasteiger partial charge in [0, 0.05) is 22.4 Å². The first-order valence-electron chi connectivity index (χ1n) is 4.48. The van der Waals surface area contributed by atoms with Crippen LogP contribution in [0.2, 0.25) is 0 Å². The molecule has 0 aromatic carbocycles. The Kier molecular flexibility index (Phi) is 3.20. The molecule has 0 radical (unpaired) electrons. The Labute approximate surface area is 95.2 Å². The van der Waals surface area contributed by atoms with E-state index in [4.69, 9.17) is 0 Å². The van der Waals surface area contributed by atoms with Gasteiger partial charge in [0.1, 0.15) is 0 Å². The van der Waals surface area contributed by atoms with Gasteiger partial charge in [-0.3, -0.25) is 4.79 Å². The average molecular weight is 275 g/mol. The van der Waals surface area contributed by atoms with Crippen molar-refractivity contribution in [3.05, 3.63) is 20.8 Å². The Bertz CT molecular complexity index is 339. The van der Waals surface area contributed by atoms with E-state index in [0.29, 0.717) is 6.54 Å². The van der Waals surface area contributed by atoms with Crippen LogP contribution in [-0.2, 0) is 11.3 Å². The molecule has 1 saturated heterocycles. The summed E-state index contributed by atoms with van der Waals surface area (Å²) in [4.78, 5) is 14.6. The Balaban J connectivity index is 2.03. The van der Waals surface area contributed by atoms with Crippen molar-refractivity contribution < 1.29 is 4.79 Å². The number of nitrogens with zero attached hydrogens (tertiary/aromatic N) is 1. The van der Waals surface area contributed by atoms with E-state index in [0.717, 1.165) is 24.1 Å². The van der Waals surface area contributed by atoms with Gasteiger partial charge in [-0.15, -0.1) is 11.3 Å². The van der Waals surface area contributed by atoms with E-state index in [1.54, 1.807) is 11.3 Å². The Morgan fingerprint density at radius 3 is 3.14 bits per heavy atom. The number of carbonyl (C=O) groups is 1. The van der Waals surface area contributed by atoms with Crippen molar-refractivity contribution in [3.8, 4) is 0 Å². The minimum absolute atomic E-state index is 0.191. The molecule has 1 aliphatic heterocycles. The third-order valence-corrected chi connectivity index (χ3v) is 4.12. The van der Waals surface area contributed by atoms with E-state index >= 15 is 0 Å². The monoisotopic (exact) mass is 274 g/mol. The first kappa shape index (κ1) is 10.1. The van der Waals surface area contributed by atoms with Crippen LogP contribution >= 0.6 is 27.3 Å². The van der Waals surface area contributed by atoms with Crippen molar-refractivity contribution in [2.45, 2.75) is 6.54 Å². The summed E-state index contributed by atoms with van der Waals surface area (Å²) in [5.74, 6) is 0.191. The summed E-state index contributed by atoms with van der Waals surface area (Å²) in [6, 6.07) is 2.02. The molecule has 0 unspecified atom stereocenters. The van der Waals surface area contributed by atoms with Gasteiger partial charge in [0.05, 0.1) is 13.1 Å². The van der Waals surface area contributed by atoms with Gasteiger partial charge in [0.15, 0.2) is 0 Å². The van der Waals surface area contributed by atoms with E-state index in [-0.39, 0.29) is 5.91 Å². The molecule has 1 aliphatic rings. The molecule has 0 spiro atoms. The fraction of sp³-hybridized carbons (Fsp3) is 0.444. The molecule has 0 atom stereocenters. The Hall–Kier alpha value is -0.390. The minimum atomic E-state index is 0.191. The van der Waals surface area contributed by atoms with Crippen LogP contribution in [0.4, 0.5) is 0 Å². The standard InChI is InChI=1S/C9H11BrN2OS/c10-7-1-4-14-8(7)6-12-3-2-11-5-9(12)13/h1,4,11H,2-3,5-6H2. The van der Waals surface area contributed by atoms with Crippen LogP contribution in [0.15, 0.2) is 15.9 Å². The molecule has 1 N–H and O–H groups in total. The third kappa shape index (κ3) is 2.16. The summed E-state index contributed by atoms with van der Waals surface area (Å²) in [6.45, 7) is 2.92. The van der Waals surface area contributed by atoms with E-state index in [1.165, 1.54) is 4.88 Å². The lowest BCUT2D eigenvalue weighted by Crippen LogP contribution is -2.47. The van der Waals surface area contributed by atoms with Gasteiger partial charge < -0.3 is 10.2 Å². The van der Waals surface area contributed by atoms with Gasteiger partial charge >= 0.3 is 0 Å². The van der Waals surface area contributed by atoms with Crippen molar-refractivity contribution in [2.24, 2.45) is 0 Å². The van der Waals surface area contributed by atoms with Gasteiger partial charge in [0.25, 0.3) is 0 Å². The predicted molar refractivity (Wildman–Crippen MR) is 60.3 cm³/mol. The van der Waals surface area contributed by atoms with E-state index in [9.17, 15) is 4.79 Å². The van der Waals surface area contributed by atoms with Crippen LogP contribution in [0, 0.1) is 0 Å². The lowest BCUT2D eigenvalue weighted by atomic mass is 10.3. The highest BCUT2D eigenvalue weighted by Gasteiger charge is 2.18. The zero-order valence-electron chi connectivity index (χ0n) is 7.62. The number of piperazine rings is 1. The number of amides is 1. The highest BCUT2D eigenvalue weighted by atomic mass is 79.9. The van der Waals surface area contributed by atoms with Crippen LogP contribution in [0.1, 0.15) is 4.88 Å². The summed E-state index contributed by atoms with van der Waals surface area (Å²) >= 11 is 5.15. The molecule has 76 valence electrons. The molecule has 1 aromatic heterocycles. The van der Waals surface area contributed by atoms with Crippen molar-refractivity contribution >= 4 is 33.2 Å². The van der Waals surface area contributed by atoms with Gasteiger partial charge in [-0.1, -0.05) is 0 Å². The lowest BCUT2D eigenvalue weighted by Gasteiger charge is -2.26. The van der Waals surface area contributed by atoms with Crippen molar-refractivity contribution in [2.75, 3.05) is 19.6 Å². The number of carbonyl (C=O) groups excluding carboxylic acids is 1. The quantitative estimate of drug-likeness (QED) is 0.886. The molecule has 5 heteroatoms. The summed E-state index contributed by atoms with van der Waals surface area (Å²) in [5.41, 5.74) is 0. The van der Waals surface area contributed by atoms with Gasteiger partial charge in [-0.25, -0.2) is 0 Å². The van der Waals surface area contributed by atoms with Gasteiger partial charge in [0.2, 0.25) is 5.91 Å². The molecule has 1 fully saturated rings. The molecule has 2 heterocycles. The maximum atomic E-state index is 11.5. The number of nitrogens with one attached hydrogen (secondary N) is 1. The zero-order chi connectivity index (χ0) is 9.97. The summed E-state index contributed by atoms with van der Waals surface area (Å²) < 4.78 is 1.11. The molecular weight excluding hydrogens is 264 g/mol. The Morgan fingerprint density at radius 2 is 2.50 bits per heavy atom. The number of rotatable bonds is 2. The van der Waals surface area contributed by atoms with Crippen LogP contribution in [0.5, 0.6) is 0 Å². The van der Waals surface area contributed by atoms with E-state index in [2.05, 4.69) is 21.2 Å². The molecule has 3 nitrogen and oxygen atoms in total. The highest BCUT2D eigenvalue weighted by molar-refractivity contribution is 9.10. The lowest BCUT2D eigenvalue weighted by molar-refractivity contribution is -0.132. The van der Waals surface area contributed by atoms with Gasteiger partial charge in [-0.2, -0.15) is 0 Å². The molecule has 0 saturated carbocycles. The fourth-order valence-corrected chi connectivity index (χ4v) is 2.92. The molecular formula is C9H11BrN2OS. The fourth-order valence-electron chi connectivity index (χ4n) is 1.42. The largest absolute Gasteiger partial charge is 0.335 e. The molecule has 1 amide bonds. The minimum Gasteiger partial charge on any atom is -0.335 e. The van der Waals surface area contributed by atoms with E-state index in [1.807, 2.05) is 16.3 Å². The van der Waals surface area contributed by atoms with Crippen LogP contribution in [0.25, 0.3) is 0 Å². The van der Waals surface area contributed by atoms with Crippen molar-refractivity contribution in [3.63, 3.8) is 0 Å². The van der Waals surface area contributed by atoms with Gasteiger partial charge in [-0.05, 0) is 27.4 Å². The smallest absolute Gasteiger partial charge is 0.236 e. The summed E-state index contributed by atoms with van der Waals surface area (Å²) in [5, 5.41) is 5.09. The Morgan fingerprint density at radius 1 is 1.64 bits per heavy atom.